The van der Waals surface area contributed by atoms with Crippen molar-refractivity contribution in [3.05, 3.63) is 11.3 Å². The number of carbonyl (C=O) groups excluding carboxylic acids is 1. The Bertz CT molecular complexity index is 424. The number of rotatable bonds is 2. The van der Waals surface area contributed by atoms with E-state index in [1.54, 1.807) is 0 Å². The summed E-state index contributed by atoms with van der Waals surface area (Å²) < 4.78 is 0. The number of nitrogen functional groups attached to an aromatic ring is 1. The van der Waals surface area contributed by atoms with Crippen molar-refractivity contribution in [3.63, 3.8) is 0 Å². The number of anilines is 1. The monoisotopic (exact) mass is 250 g/mol. The Hall–Kier alpha value is -1.52. The SMILES string of the molecule is CCC1(C)CCN(C(=O)c2c(N)n[nH]c2C)CC1. The van der Waals surface area contributed by atoms with E-state index < -0.39 is 0 Å². The topological polar surface area (TPSA) is 75.0 Å². The Morgan fingerprint density at radius 1 is 1.50 bits per heavy atom. The van der Waals surface area contributed by atoms with Crippen LogP contribution in [0.15, 0.2) is 0 Å². The van der Waals surface area contributed by atoms with E-state index in [0.29, 0.717) is 16.8 Å². The lowest BCUT2D eigenvalue weighted by Crippen LogP contribution is -2.42. The molecule has 1 aromatic heterocycles. The van der Waals surface area contributed by atoms with Gasteiger partial charge in [-0.05, 0) is 25.2 Å². The summed E-state index contributed by atoms with van der Waals surface area (Å²) in [4.78, 5) is 14.3. The van der Waals surface area contributed by atoms with Gasteiger partial charge in [0.25, 0.3) is 5.91 Å². The second-order valence-corrected chi connectivity index (χ2v) is 5.57. The summed E-state index contributed by atoms with van der Waals surface area (Å²) in [6, 6.07) is 0. The van der Waals surface area contributed by atoms with Crippen LogP contribution in [0.5, 0.6) is 0 Å². The van der Waals surface area contributed by atoms with Crippen molar-refractivity contribution in [1.82, 2.24) is 15.1 Å². The van der Waals surface area contributed by atoms with Gasteiger partial charge in [-0.2, -0.15) is 5.10 Å². The standard InChI is InChI=1S/C13H22N4O/c1-4-13(3)5-7-17(8-6-13)12(18)10-9(2)15-16-11(10)14/h4-8H2,1-3H3,(H3,14,15,16). The molecule has 0 atom stereocenters. The van der Waals surface area contributed by atoms with Gasteiger partial charge in [-0.1, -0.05) is 20.3 Å². The number of aromatic amines is 1. The Kier molecular flexibility index (Phi) is 3.32. The lowest BCUT2D eigenvalue weighted by molar-refractivity contribution is 0.0601. The number of carbonyl (C=O) groups is 1. The molecule has 3 N–H and O–H groups in total. The quantitative estimate of drug-likeness (QED) is 0.842. The number of hydrogen-bond donors (Lipinski definition) is 2. The molecule has 0 aromatic carbocycles. The molecule has 0 unspecified atom stereocenters. The van der Waals surface area contributed by atoms with Crippen molar-refractivity contribution < 1.29 is 4.79 Å². The summed E-state index contributed by atoms with van der Waals surface area (Å²) in [5.41, 5.74) is 7.41. The van der Waals surface area contributed by atoms with Crippen molar-refractivity contribution >= 4 is 11.7 Å². The zero-order chi connectivity index (χ0) is 13.3. The molecule has 1 aliphatic rings. The van der Waals surface area contributed by atoms with Crippen LogP contribution in [0.25, 0.3) is 0 Å². The summed E-state index contributed by atoms with van der Waals surface area (Å²) in [6.07, 6.45) is 3.29. The van der Waals surface area contributed by atoms with E-state index in [9.17, 15) is 4.79 Å². The van der Waals surface area contributed by atoms with Crippen LogP contribution >= 0.6 is 0 Å². The van der Waals surface area contributed by atoms with Gasteiger partial charge in [0.05, 0.1) is 0 Å². The van der Waals surface area contributed by atoms with Gasteiger partial charge in [0.1, 0.15) is 5.56 Å². The minimum atomic E-state index is 0.0110. The predicted octanol–water partition coefficient (Wildman–Crippen LogP) is 1.95. The number of nitrogens with one attached hydrogen (secondary N) is 1. The van der Waals surface area contributed by atoms with E-state index in [-0.39, 0.29) is 5.91 Å². The van der Waals surface area contributed by atoms with Crippen molar-refractivity contribution in [1.29, 1.82) is 0 Å². The van der Waals surface area contributed by atoms with Gasteiger partial charge in [0.15, 0.2) is 5.82 Å². The summed E-state index contributed by atoms with van der Waals surface area (Å²) >= 11 is 0. The molecular weight excluding hydrogens is 228 g/mol. The second kappa shape index (κ2) is 4.63. The molecule has 1 aromatic rings. The molecule has 0 spiro atoms. The highest BCUT2D eigenvalue weighted by molar-refractivity contribution is 5.99. The molecule has 100 valence electrons. The Morgan fingerprint density at radius 3 is 2.56 bits per heavy atom. The molecule has 1 fully saturated rings. The first-order chi connectivity index (χ1) is 8.47. The number of H-pyrrole nitrogens is 1. The van der Waals surface area contributed by atoms with Crippen LogP contribution in [0.3, 0.4) is 0 Å². The lowest BCUT2D eigenvalue weighted by Gasteiger charge is -2.38. The summed E-state index contributed by atoms with van der Waals surface area (Å²) in [5.74, 6) is 0.318. The average molecular weight is 250 g/mol. The van der Waals surface area contributed by atoms with Crippen molar-refractivity contribution in [2.75, 3.05) is 18.8 Å². The maximum atomic E-state index is 12.4. The van der Waals surface area contributed by atoms with Crippen molar-refractivity contribution in [3.8, 4) is 0 Å². The predicted molar refractivity (Wildman–Crippen MR) is 71.3 cm³/mol. The Balaban J connectivity index is 2.09. The fraction of sp³-hybridized carbons (Fsp3) is 0.692. The molecule has 1 aliphatic heterocycles. The molecule has 18 heavy (non-hydrogen) atoms. The molecule has 1 saturated heterocycles. The molecule has 0 aliphatic carbocycles. The highest BCUT2D eigenvalue weighted by Crippen LogP contribution is 2.34. The third kappa shape index (κ3) is 2.21. The summed E-state index contributed by atoms with van der Waals surface area (Å²) in [6.45, 7) is 7.97. The van der Waals surface area contributed by atoms with Gasteiger partial charge in [0.2, 0.25) is 0 Å². The zero-order valence-electron chi connectivity index (χ0n) is 11.4. The first kappa shape index (κ1) is 12.9. The number of piperidine rings is 1. The van der Waals surface area contributed by atoms with Gasteiger partial charge in [-0.25, -0.2) is 0 Å². The highest BCUT2D eigenvalue weighted by atomic mass is 16.2. The number of aromatic nitrogens is 2. The van der Waals surface area contributed by atoms with E-state index in [2.05, 4.69) is 24.0 Å². The van der Waals surface area contributed by atoms with Crippen LogP contribution < -0.4 is 5.73 Å². The van der Waals surface area contributed by atoms with Crippen LogP contribution in [-0.2, 0) is 0 Å². The van der Waals surface area contributed by atoms with Crippen molar-refractivity contribution in [2.45, 2.75) is 40.0 Å². The molecular formula is C13H22N4O. The first-order valence-corrected chi connectivity index (χ1v) is 6.56. The average Bonchev–Trinajstić information content (AvgIpc) is 2.69. The van der Waals surface area contributed by atoms with Gasteiger partial charge in [0, 0.05) is 18.8 Å². The molecule has 5 heteroatoms. The number of likely N-dealkylation sites (tertiary alicyclic amines) is 1. The van der Waals surface area contributed by atoms with Crippen LogP contribution in [0.4, 0.5) is 5.82 Å². The summed E-state index contributed by atoms with van der Waals surface area (Å²) in [5, 5.41) is 6.64. The molecule has 0 radical (unpaired) electrons. The fourth-order valence-electron chi connectivity index (χ4n) is 2.48. The smallest absolute Gasteiger partial charge is 0.259 e. The zero-order valence-corrected chi connectivity index (χ0v) is 11.4. The van der Waals surface area contributed by atoms with Crippen molar-refractivity contribution in [2.24, 2.45) is 5.41 Å². The normalized spacial score (nSPS) is 18.9. The largest absolute Gasteiger partial charge is 0.382 e. The number of hydrogen-bond acceptors (Lipinski definition) is 3. The fourth-order valence-corrected chi connectivity index (χ4v) is 2.48. The van der Waals surface area contributed by atoms with E-state index in [0.717, 1.165) is 31.6 Å². The molecule has 2 rings (SSSR count). The highest BCUT2D eigenvalue weighted by Gasteiger charge is 2.32. The molecule has 0 bridgehead atoms. The number of nitrogens with zero attached hydrogens (tertiary/aromatic N) is 2. The van der Waals surface area contributed by atoms with Crippen LogP contribution in [0.1, 0.15) is 49.2 Å². The maximum absolute atomic E-state index is 12.4. The van der Waals surface area contributed by atoms with Crippen LogP contribution in [0, 0.1) is 12.3 Å². The third-order valence-electron chi connectivity index (χ3n) is 4.30. The van der Waals surface area contributed by atoms with Gasteiger partial charge >= 0.3 is 0 Å². The minimum absolute atomic E-state index is 0.0110. The lowest BCUT2D eigenvalue weighted by atomic mass is 9.78. The number of aryl methyl sites for hydroxylation is 1. The minimum Gasteiger partial charge on any atom is -0.382 e. The summed E-state index contributed by atoms with van der Waals surface area (Å²) in [7, 11) is 0. The van der Waals surface area contributed by atoms with Gasteiger partial charge < -0.3 is 10.6 Å². The third-order valence-corrected chi connectivity index (χ3v) is 4.30. The van der Waals surface area contributed by atoms with E-state index >= 15 is 0 Å². The van der Waals surface area contributed by atoms with Crippen LogP contribution in [0.2, 0.25) is 0 Å². The maximum Gasteiger partial charge on any atom is 0.259 e. The molecule has 0 saturated carbocycles. The van der Waals surface area contributed by atoms with E-state index in [1.165, 1.54) is 6.42 Å². The molecule has 1 amide bonds. The second-order valence-electron chi connectivity index (χ2n) is 5.57. The van der Waals surface area contributed by atoms with E-state index in [4.69, 9.17) is 5.73 Å². The Labute approximate surface area is 108 Å². The Morgan fingerprint density at radius 2 is 2.11 bits per heavy atom. The number of nitrogens with two attached hydrogens (primary N) is 1. The van der Waals surface area contributed by atoms with Gasteiger partial charge in [-0.3, -0.25) is 9.89 Å². The molecule has 2 heterocycles. The van der Waals surface area contributed by atoms with Crippen LogP contribution in [-0.4, -0.2) is 34.1 Å². The number of amides is 1. The van der Waals surface area contributed by atoms with Gasteiger partial charge in [-0.15, -0.1) is 0 Å². The van der Waals surface area contributed by atoms with E-state index in [1.807, 2.05) is 11.8 Å². The first-order valence-electron chi connectivity index (χ1n) is 6.56. The molecule has 5 nitrogen and oxygen atoms in total.